The zero-order valence-electron chi connectivity index (χ0n) is 9.66. The van der Waals surface area contributed by atoms with Gasteiger partial charge in [0, 0.05) is 5.56 Å². The van der Waals surface area contributed by atoms with Gasteiger partial charge in [0.2, 0.25) is 0 Å². The number of hydrogen-bond donors (Lipinski definition) is 1. The molecule has 2 unspecified atom stereocenters. The summed E-state index contributed by atoms with van der Waals surface area (Å²) in [5, 5.41) is 9.27. The number of halogens is 1. The zero-order valence-corrected chi connectivity index (χ0v) is 10.4. The normalized spacial score (nSPS) is 13.9. The summed E-state index contributed by atoms with van der Waals surface area (Å²) in [5.74, 6) is -0.362. The predicted molar refractivity (Wildman–Crippen MR) is 71.8 cm³/mol. The number of ketones is 1. The lowest BCUT2D eigenvalue weighted by Crippen LogP contribution is -2.25. The SMILES string of the molecule is O=C(c1ccccc1)C(O)C(Cl)c1ccccc1. The Labute approximate surface area is 111 Å². The molecule has 0 amide bonds. The van der Waals surface area contributed by atoms with Crippen molar-refractivity contribution in [2.24, 2.45) is 0 Å². The highest BCUT2D eigenvalue weighted by molar-refractivity contribution is 6.23. The van der Waals surface area contributed by atoms with Crippen molar-refractivity contribution < 1.29 is 9.90 Å². The number of benzene rings is 2. The number of hydrogen-bond acceptors (Lipinski definition) is 2. The summed E-state index contributed by atoms with van der Waals surface area (Å²) in [7, 11) is 0. The number of aliphatic hydroxyl groups is 1. The van der Waals surface area contributed by atoms with E-state index in [2.05, 4.69) is 0 Å². The van der Waals surface area contributed by atoms with E-state index in [9.17, 15) is 9.90 Å². The molecule has 0 aliphatic carbocycles. The topological polar surface area (TPSA) is 37.3 Å². The first-order chi connectivity index (χ1) is 8.70. The van der Waals surface area contributed by atoms with Crippen LogP contribution in [-0.2, 0) is 0 Å². The van der Waals surface area contributed by atoms with Crippen molar-refractivity contribution >= 4 is 17.4 Å². The Bertz CT molecular complexity index is 511. The maximum atomic E-state index is 12.0. The molecular weight excluding hydrogens is 248 g/mol. The van der Waals surface area contributed by atoms with Crippen LogP contribution in [0.25, 0.3) is 0 Å². The average molecular weight is 261 g/mol. The van der Waals surface area contributed by atoms with Crippen molar-refractivity contribution in [2.45, 2.75) is 11.5 Å². The van der Waals surface area contributed by atoms with E-state index in [0.717, 1.165) is 5.56 Å². The average Bonchev–Trinajstić information content (AvgIpc) is 2.47. The molecule has 2 atom stereocenters. The molecule has 2 aromatic carbocycles. The molecule has 0 aliphatic heterocycles. The van der Waals surface area contributed by atoms with E-state index in [-0.39, 0.29) is 5.78 Å². The molecule has 0 spiro atoms. The zero-order chi connectivity index (χ0) is 13.0. The Morgan fingerprint density at radius 2 is 1.44 bits per heavy atom. The lowest BCUT2D eigenvalue weighted by Gasteiger charge is -2.16. The van der Waals surface area contributed by atoms with Gasteiger partial charge in [0.25, 0.3) is 0 Å². The summed E-state index contributed by atoms with van der Waals surface area (Å²) in [6, 6.07) is 17.8. The molecule has 0 saturated heterocycles. The smallest absolute Gasteiger partial charge is 0.193 e. The van der Waals surface area contributed by atoms with Crippen molar-refractivity contribution in [3.63, 3.8) is 0 Å². The van der Waals surface area contributed by atoms with Gasteiger partial charge >= 0.3 is 0 Å². The quantitative estimate of drug-likeness (QED) is 0.677. The van der Waals surface area contributed by atoms with Crippen LogP contribution in [0, 0.1) is 0 Å². The van der Waals surface area contributed by atoms with Crippen LogP contribution >= 0.6 is 11.6 Å². The molecule has 0 radical (unpaired) electrons. The molecule has 18 heavy (non-hydrogen) atoms. The first-order valence-corrected chi connectivity index (χ1v) is 6.10. The van der Waals surface area contributed by atoms with Gasteiger partial charge in [-0.25, -0.2) is 0 Å². The first-order valence-electron chi connectivity index (χ1n) is 5.66. The van der Waals surface area contributed by atoms with E-state index in [0.29, 0.717) is 5.56 Å². The Hall–Kier alpha value is -1.64. The van der Waals surface area contributed by atoms with Gasteiger partial charge in [0.1, 0.15) is 6.10 Å². The summed E-state index contributed by atoms with van der Waals surface area (Å²) in [5.41, 5.74) is 1.20. The van der Waals surface area contributed by atoms with Crippen LogP contribution in [0.2, 0.25) is 0 Å². The highest BCUT2D eigenvalue weighted by atomic mass is 35.5. The molecule has 0 heterocycles. The van der Waals surface area contributed by atoms with Crippen molar-refractivity contribution in [1.29, 1.82) is 0 Å². The van der Waals surface area contributed by atoms with Crippen molar-refractivity contribution in [1.82, 2.24) is 0 Å². The fourth-order valence-corrected chi connectivity index (χ4v) is 1.99. The van der Waals surface area contributed by atoms with Crippen LogP contribution in [0.3, 0.4) is 0 Å². The van der Waals surface area contributed by atoms with E-state index in [1.54, 1.807) is 36.4 Å². The van der Waals surface area contributed by atoms with E-state index in [4.69, 9.17) is 11.6 Å². The van der Waals surface area contributed by atoms with Gasteiger partial charge in [-0.15, -0.1) is 11.6 Å². The summed E-state index contributed by atoms with van der Waals surface area (Å²) >= 11 is 6.13. The highest BCUT2D eigenvalue weighted by Gasteiger charge is 2.26. The number of aliphatic hydroxyl groups excluding tert-OH is 1. The third-order valence-corrected chi connectivity index (χ3v) is 3.21. The van der Waals surface area contributed by atoms with Gasteiger partial charge in [-0.3, -0.25) is 4.79 Å². The summed E-state index contributed by atoms with van der Waals surface area (Å²) in [6.07, 6.45) is -1.24. The summed E-state index contributed by atoms with van der Waals surface area (Å²) in [6.45, 7) is 0. The van der Waals surface area contributed by atoms with E-state index < -0.39 is 11.5 Å². The molecule has 92 valence electrons. The van der Waals surface area contributed by atoms with Crippen molar-refractivity contribution in [3.8, 4) is 0 Å². The van der Waals surface area contributed by atoms with Crippen LogP contribution in [-0.4, -0.2) is 17.0 Å². The van der Waals surface area contributed by atoms with Crippen LogP contribution in [0.15, 0.2) is 60.7 Å². The standard InChI is InChI=1S/C15H13ClO2/c16-13(11-7-3-1-4-8-11)15(18)14(17)12-9-5-2-6-10-12/h1-10,13,15,18H. The number of carbonyl (C=O) groups is 1. The molecule has 0 fully saturated rings. The Morgan fingerprint density at radius 1 is 0.944 bits per heavy atom. The molecule has 2 nitrogen and oxygen atoms in total. The monoisotopic (exact) mass is 260 g/mol. The van der Waals surface area contributed by atoms with Gasteiger partial charge in [0.15, 0.2) is 5.78 Å². The molecule has 0 saturated carbocycles. The second-order valence-corrected chi connectivity index (χ2v) is 4.46. The van der Waals surface area contributed by atoms with Crippen LogP contribution < -0.4 is 0 Å². The Morgan fingerprint density at radius 3 is 2.00 bits per heavy atom. The van der Waals surface area contributed by atoms with Crippen LogP contribution in [0.1, 0.15) is 21.3 Å². The Balaban J connectivity index is 2.17. The maximum absolute atomic E-state index is 12.0. The van der Waals surface area contributed by atoms with E-state index in [1.165, 1.54) is 0 Å². The van der Waals surface area contributed by atoms with Crippen molar-refractivity contribution in [3.05, 3.63) is 71.8 Å². The minimum Gasteiger partial charge on any atom is -0.383 e. The molecule has 0 bridgehead atoms. The first kappa shape index (κ1) is 12.8. The molecule has 0 aliphatic rings. The molecule has 0 aromatic heterocycles. The third kappa shape index (κ3) is 2.78. The lowest BCUT2D eigenvalue weighted by molar-refractivity contribution is 0.0738. The number of alkyl halides is 1. The maximum Gasteiger partial charge on any atom is 0.193 e. The molecule has 2 aromatic rings. The fourth-order valence-electron chi connectivity index (χ4n) is 1.73. The number of carbonyl (C=O) groups excluding carboxylic acids is 1. The second kappa shape index (κ2) is 5.80. The predicted octanol–water partition coefficient (Wildman–Crippen LogP) is 3.21. The highest BCUT2D eigenvalue weighted by Crippen LogP contribution is 2.26. The second-order valence-electron chi connectivity index (χ2n) is 3.99. The number of rotatable bonds is 4. The van der Waals surface area contributed by atoms with E-state index >= 15 is 0 Å². The molecule has 2 rings (SSSR count). The van der Waals surface area contributed by atoms with Gasteiger partial charge in [-0.1, -0.05) is 60.7 Å². The molecule has 1 N–H and O–H groups in total. The number of Topliss-reactive ketones (excluding diaryl/α,β-unsaturated/α-hetero) is 1. The molecular formula is C15H13ClO2. The minimum atomic E-state index is -1.24. The Kier molecular flexibility index (Phi) is 4.13. The van der Waals surface area contributed by atoms with Gasteiger partial charge in [-0.2, -0.15) is 0 Å². The van der Waals surface area contributed by atoms with E-state index in [1.807, 2.05) is 24.3 Å². The summed E-state index contributed by atoms with van der Waals surface area (Å²) < 4.78 is 0. The lowest BCUT2D eigenvalue weighted by atomic mass is 10.00. The summed E-state index contributed by atoms with van der Waals surface area (Å²) in [4.78, 5) is 12.0. The largest absolute Gasteiger partial charge is 0.383 e. The van der Waals surface area contributed by atoms with Crippen LogP contribution in [0.5, 0.6) is 0 Å². The van der Waals surface area contributed by atoms with Crippen LogP contribution in [0.4, 0.5) is 0 Å². The minimum absolute atomic E-state index is 0.362. The third-order valence-electron chi connectivity index (χ3n) is 2.72. The van der Waals surface area contributed by atoms with Gasteiger partial charge in [0.05, 0.1) is 5.38 Å². The molecule has 3 heteroatoms. The van der Waals surface area contributed by atoms with Gasteiger partial charge in [-0.05, 0) is 5.56 Å². The fraction of sp³-hybridized carbons (Fsp3) is 0.133. The van der Waals surface area contributed by atoms with Gasteiger partial charge < -0.3 is 5.11 Å². The van der Waals surface area contributed by atoms with Crippen molar-refractivity contribution in [2.75, 3.05) is 0 Å².